The molecule has 3 rings (SSSR count). The molecule has 3 amide bonds. The number of piperidine rings is 1. The summed E-state index contributed by atoms with van der Waals surface area (Å²) in [6.07, 6.45) is 6.52. The molecule has 1 aromatic carbocycles. The van der Waals surface area contributed by atoms with Crippen molar-refractivity contribution in [2.24, 2.45) is 0 Å². The zero-order valence-corrected chi connectivity index (χ0v) is 15.5. The van der Waals surface area contributed by atoms with E-state index >= 15 is 0 Å². The molecular formula is C20H30N4O2. The van der Waals surface area contributed by atoms with Crippen molar-refractivity contribution in [3.8, 4) is 0 Å². The van der Waals surface area contributed by atoms with Crippen LogP contribution in [-0.4, -0.2) is 60.5 Å². The summed E-state index contributed by atoms with van der Waals surface area (Å²) in [5.41, 5.74) is 0.797. The van der Waals surface area contributed by atoms with Crippen LogP contribution in [0.15, 0.2) is 30.3 Å². The summed E-state index contributed by atoms with van der Waals surface area (Å²) in [6.45, 7) is 4.06. The van der Waals surface area contributed by atoms with Crippen LogP contribution >= 0.6 is 0 Å². The minimum atomic E-state index is -0.157. The van der Waals surface area contributed by atoms with Crippen LogP contribution in [0.5, 0.6) is 0 Å². The number of carbonyl (C=O) groups excluding carboxylic acids is 2. The highest BCUT2D eigenvalue weighted by molar-refractivity contribution is 5.89. The lowest BCUT2D eigenvalue weighted by molar-refractivity contribution is -0.132. The van der Waals surface area contributed by atoms with Crippen LogP contribution in [0.3, 0.4) is 0 Å². The first-order chi connectivity index (χ1) is 12.7. The van der Waals surface area contributed by atoms with Crippen LogP contribution in [0.1, 0.15) is 38.5 Å². The van der Waals surface area contributed by atoms with Gasteiger partial charge in [0.15, 0.2) is 0 Å². The molecule has 0 atom stereocenters. The smallest absolute Gasteiger partial charge is 0.319 e. The van der Waals surface area contributed by atoms with Crippen molar-refractivity contribution in [2.45, 2.75) is 44.6 Å². The van der Waals surface area contributed by atoms with Gasteiger partial charge in [0.2, 0.25) is 5.91 Å². The summed E-state index contributed by atoms with van der Waals surface area (Å²) in [7, 11) is 0. The van der Waals surface area contributed by atoms with E-state index in [1.165, 1.54) is 12.8 Å². The molecule has 0 saturated carbocycles. The summed E-state index contributed by atoms with van der Waals surface area (Å²) in [5, 5.41) is 5.90. The second-order valence-electron chi connectivity index (χ2n) is 7.31. The van der Waals surface area contributed by atoms with Gasteiger partial charge in [0, 0.05) is 37.9 Å². The first kappa shape index (κ1) is 18.7. The fourth-order valence-corrected chi connectivity index (χ4v) is 3.72. The number of anilines is 1. The number of hydrogen-bond donors (Lipinski definition) is 2. The van der Waals surface area contributed by atoms with Crippen molar-refractivity contribution in [2.75, 3.05) is 38.0 Å². The molecule has 6 heteroatoms. The largest absolute Gasteiger partial charge is 0.342 e. The monoisotopic (exact) mass is 358 g/mol. The molecular weight excluding hydrogens is 328 g/mol. The van der Waals surface area contributed by atoms with Crippen LogP contribution in [0, 0.1) is 0 Å². The van der Waals surface area contributed by atoms with Gasteiger partial charge in [-0.3, -0.25) is 9.69 Å². The number of benzene rings is 1. The summed E-state index contributed by atoms with van der Waals surface area (Å²) in [5.74, 6) is 0.264. The van der Waals surface area contributed by atoms with E-state index in [1.807, 2.05) is 35.2 Å². The molecule has 0 aliphatic carbocycles. The summed E-state index contributed by atoms with van der Waals surface area (Å²) >= 11 is 0. The molecule has 0 bridgehead atoms. The van der Waals surface area contributed by atoms with Crippen LogP contribution < -0.4 is 10.6 Å². The van der Waals surface area contributed by atoms with Gasteiger partial charge in [0.05, 0.1) is 6.54 Å². The molecule has 2 heterocycles. The van der Waals surface area contributed by atoms with Crippen LogP contribution in [0.2, 0.25) is 0 Å². The second kappa shape index (κ2) is 9.57. The molecule has 2 N–H and O–H groups in total. The number of hydrogen-bond acceptors (Lipinski definition) is 3. The van der Waals surface area contributed by atoms with Gasteiger partial charge in [-0.05, 0) is 37.8 Å². The number of nitrogens with zero attached hydrogens (tertiary/aromatic N) is 2. The molecule has 6 nitrogen and oxygen atoms in total. The van der Waals surface area contributed by atoms with Gasteiger partial charge >= 0.3 is 6.03 Å². The first-order valence-corrected chi connectivity index (χ1v) is 9.83. The van der Waals surface area contributed by atoms with Gasteiger partial charge < -0.3 is 15.5 Å². The standard InChI is InChI=1S/C20H30N4O2/c25-19(24-12-6-1-2-7-13-24)16-23-14-10-18(11-15-23)22-20(26)21-17-8-4-3-5-9-17/h3-5,8-9,18H,1-2,6-7,10-16H2,(H2,21,22,26). The van der Waals surface area contributed by atoms with Crippen LogP contribution in [-0.2, 0) is 4.79 Å². The van der Waals surface area contributed by atoms with Crippen LogP contribution in [0.4, 0.5) is 10.5 Å². The number of nitrogens with one attached hydrogen (secondary N) is 2. The van der Waals surface area contributed by atoms with E-state index in [1.54, 1.807) is 0 Å². The van der Waals surface area contributed by atoms with E-state index in [4.69, 9.17) is 0 Å². The van der Waals surface area contributed by atoms with Crippen molar-refractivity contribution in [1.29, 1.82) is 0 Å². The minimum Gasteiger partial charge on any atom is -0.342 e. The maximum Gasteiger partial charge on any atom is 0.319 e. The van der Waals surface area contributed by atoms with E-state index in [2.05, 4.69) is 15.5 Å². The highest BCUT2D eigenvalue weighted by Crippen LogP contribution is 2.14. The quantitative estimate of drug-likeness (QED) is 0.870. The molecule has 142 valence electrons. The third-order valence-corrected chi connectivity index (χ3v) is 5.27. The Labute approximate surface area is 155 Å². The van der Waals surface area contributed by atoms with Crippen LogP contribution in [0.25, 0.3) is 0 Å². The lowest BCUT2D eigenvalue weighted by atomic mass is 10.1. The maximum absolute atomic E-state index is 12.5. The summed E-state index contributed by atoms with van der Waals surface area (Å²) in [4.78, 5) is 28.8. The minimum absolute atomic E-state index is 0.157. The number of urea groups is 1. The molecule has 0 unspecified atom stereocenters. The van der Waals surface area contributed by atoms with E-state index in [9.17, 15) is 9.59 Å². The lowest BCUT2D eigenvalue weighted by Gasteiger charge is -2.33. The van der Waals surface area contributed by atoms with E-state index in [0.29, 0.717) is 6.54 Å². The van der Waals surface area contributed by atoms with E-state index in [-0.39, 0.29) is 18.0 Å². The molecule has 2 saturated heterocycles. The Balaban J connectivity index is 1.37. The average Bonchev–Trinajstić information content (AvgIpc) is 2.94. The van der Waals surface area contributed by atoms with Gasteiger partial charge in [-0.1, -0.05) is 31.0 Å². The molecule has 0 spiro atoms. The normalized spacial score (nSPS) is 19.6. The number of para-hydroxylation sites is 1. The van der Waals surface area contributed by atoms with Gasteiger partial charge in [0.1, 0.15) is 0 Å². The molecule has 0 aromatic heterocycles. The van der Waals surface area contributed by atoms with Gasteiger partial charge in [-0.15, -0.1) is 0 Å². The molecule has 26 heavy (non-hydrogen) atoms. The fraction of sp³-hybridized carbons (Fsp3) is 0.600. The number of carbonyl (C=O) groups is 2. The Hall–Kier alpha value is -2.08. The first-order valence-electron chi connectivity index (χ1n) is 9.83. The second-order valence-corrected chi connectivity index (χ2v) is 7.31. The predicted molar refractivity (Wildman–Crippen MR) is 103 cm³/mol. The third-order valence-electron chi connectivity index (χ3n) is 5.27. The molecule has 1 aromatic rings. The molecule has 0 radical (unpaired) electrons. The average molecular weight is 358 g/mol. The third kappa shape index (κ3) is 5.73. The summed E-state index contributed by atoms with van der Waals surface area (Å²) in [6, 6.07) is 9.47. The predicted octanol–water partition coefficient (Wildman–Crippen LogP) is 2.68. The fourth-order valence-electron chi connectivity index (χ4n) is 3.72. The van der Waals surface area contributed by atoms with Crippen molar-refractivity contribution in [3.63, 3.8) is 0 Å². The highest BCUT2D eigenvalue weighted by Gasteiger charge is 2.24. The zero-order valence-electron chi connectivity index (χ0n) is 15.5. The Kier molecular flexibility index (Phi) is 6.89. The van der Waals surface area contributed by atoms with Crippen molar-refractivity contribution in [1.82, 2.24) is 15.1 Å². The Morgan fingerprint density at radius 1 is 0.923 bits per heavy atom. The number of likely N-dealkylation sites (tertiary alicyclic amines) is 2. The molecule has 2 aliphatic heterocycles. The topological polar surface area (TPSA) is 64.7 Å². The van der Waals surface area contributed by atoms with E-state index < -0.39 is 0 Å². The number of rotatable bonds is 4. The Morgan fingerprint density at radius 3 is 2.23 bits per heavy atom. The van der Waals surface area contributed by atoms with Gasteiger partial charge in [-0.2, -0.15) is 0 Å². The lowest BCUT2D eigenvalue weighted by Crippen LogP contribution is -2.48. The maximum atomic E-state index is 12.5. The SMILES string of the molecule is O=C(Nc1ccccc1)NC1CCN(CC(=O)N2CCCCCC2)CC1. The van der Waals surface area contributed by atoms with Gasteiger partial charge in [0.25, 0.3) is 0 Å². The molecule has 2 aliphatic rings. The van der Waals surface area contributed by atoms with Crippen molar-refractivity contribution in [3.05, 3.63) is 30.3 Å². The van der Waals surface area contributed by atoms with Crippen molar-refractivity contribution >= 4 is 17.6 Å². The Morgan fingerprint density at radius 2 is 1.58 bits per heavy atom. The number of amides is 3. The zero-order chi connectivity index (χ0) is 18.2. The van der Waals surface area contributed by atoms with Crippen molar-refractivity contribution < 1.29 is 9.59 Å². The summed E-state index contributed by atoms with van der Waals surface area (Å²) < 4.78 is 0. The van der Waals surface area contributed by atoms with Gasteiger partial charge in [-0.25, -0.2) is 4.79 Å². The molecule has 2 fully saturated rings. The highest BCUT2D eigenvalue weighted by atomic mass is 16.2. The van der Waals surface area contributed by atoms with E-state index in [0.717, 1.165) is 57.5 Å². The Bertz CT molecular complexity index is 577.